The Hall–Kier alpha value is -0.0800. The van der Waals surface area contributed by atoms with E-state index >= 15 is 0 Å². The topological polar surface area (TPSA) is 15.3 Å². The van der Waals surface area contributed by atoms with Gasteiger partial charge in [0.05, 0.1) is 0 Å². The molecule has 0 saturated carbocycles. The molecule has 0 heterocycles. The lowest BCUT2D eigenvalue weighted by Crippen LogP contribution is -2.11. The fourth-order valence-corrected chi connectivity index (χ4v) is 0.447. The molecule has 0 aromatic heterocycles. The summed E-state index contributed by atoms with van der Waals surface area (Å²) in [4.78, 5) is 2.18. The first-order chi connectivity index (χ1) is 4.18. The molecule has 0 spiro atoms. The van der Waals surface area contributed by atoms with Crippen molar-refractivity contribution in [3.05, 3.63) is 0 Å². The minimum absolute atomic E-state index is 1.21. The van der Waals surface area contributed by atoms with Gasteiger partial charge in [-0.2, -0.15) is 0 Å². The van der Waals surface area contributed by atoms with Crippen molar-refractivity contribution in [1.82, 2.24) is 10.2 Å². The van der Waals surface area contributed by atoms with Crippen LogP contribution in [0.3, 0.4) is 0 Å². The van der Waals surface area contributed by atoms with Crippen LogP contribution in [-0.4, -0.2) is 39.6 Å². The zero-order chi connectivity index (χ0) is 7.70. The van der Waals surface area contributed by atoms with Gasteiger partial charge in [0.25, 0.3) is 0 Å². The first kappa shape index (κ1) is 11.7. The molecule has 0 unspecified atom stereocenters. The Balaban J connectivity index is 0. The van der Waals surface area contributed by atoms with Crippen molar-refractivity contribution in [2.45, 2.75) is 13.3 Å². The Morgan fingerprint density at radius 2 is 1.56 bits per heavy atom. The molecule has 0 aliphatic heterocycles. The van der Waals surface area contributed by atoms with E-state index in [0.29, 0.717) is 0 Å². The van der Waals surface area contributed by atoms with Gasteiger partial charge in [-0.05, 0) is 41.2 Å². The maximum atomic E-state index is 2.75. The van der Waals surface area contributed by atoms with E-state index in [9.17, 15) is 0 Å². The summed E-state index contributed by atoms with van der Waals surface area (Å²) in [6.45, 7) is 3.39. The molecular weight excluding hydrogens is 112 g/mol. The van der Waals surface area contributed by atoms with Gasteiger partial charge in [0.2, 0.25) is 0 Å². The van der Waals surface area contributed by atoms with Crippen molar-refractivity contribution >= 4 is 0 Å². The number of hydrogen-bond donors (Lipinski definition) is 1. The molecule has 0 atom stereocenters. The fourth-order valence-electron chi connectivity index (χ4n) is 0.447. The Morgan fingerprint density at radius 1 is 1.22 bits per heavy atom. The van der Waals surface area contributed by atoms with Gasteiger partial charge >= 0.3 is 0 Å². The molecule has 1 N–H and O–H groups in total. The summed E-state index contributed by atoms with van der Waals surface area (Å²) in [5.41, 5.74) is 0. The SMILES string of the molecule is CCCN(C)C.CNC. The zero-order valence-electron chi connectivity index (χ0n) is 7.36. The third-order valence-corrected chi connectivity index (χ3v) is 0.671. The maximum Gasteiger partial charge on any atom is -0.00275 e. The van der Waals surface area contributed by atoms with Crippen LogP contribution < -0.4 is 5.32 Å². The van der Waals surface area contributed by atoms with E-state index in [1.54, 1.807) is 0 Å². The van der Waals surface area contributed by atoms with Crippen LogP contribution in [0.2, 0.25) is 0 Å². The van der Waals surface area contributed by atoms with Crippen molar-refractivity contribution in [3.8, 4) is 0 Å². The molecule has 0 aromatic rings. The monoisotopic (exact) mass is 132 g/mol. The molecule has 0 aromatic carbocycles. The first-order valence-electron chi connectivity index (χ1n) is 3.42. The molecule has 0 fully saturated rings. The predicted octanol–water partition coefficient (Wildman–Crippen LogP) is 0.794. The summed E-state index contributed by atoms with van der Waals surface area (Å²) in [6, 6.07) is 0. The average molecular weight is 132 g/mol. The summed E-state index contributed by atoms with van der Waals surface area (Å²) in [5.74, 6) is 0. The zero-order valence-corrected chi connectivity index (χ0v) is 7.36. The standard InChI is InChI=1S/C5H13N.C2H7N/c1-4-5-6(2)3;1-3-2/h4-5H2,1-3H3;3H,1-2H3. The molecule has 0 radical (unpaired) electrons. The van der Waals surface area contributed by atoms with Crippen molar-refractivity contribution in [2.75, 3.05) is 34.7 Å². The summed E-state index contributed by atoms with van der Waals surface area (Å²) in [6.07, 6.45) is 1.26. The Morgan fingerprint density at radius 3 is 1.56 bits per heavy atom. The quantitative estimate of drug-likeness (QED) is 0.597. The van der Waals surface area contributed by atoms with Crippen molar-refractivity contribution < 1.29 is 0 Å². The minimum atomic E-state index is 1.21. The summed E-state index contributed by atoms with van der Waals surface area (Å²) in [5, 5.41) is 2.75. The molecular formula is C7H20N2. The number of rotatable bonds is 2. The Bertz CT molecular complexity index is 35.9. The van der Waals surface area contributed by atoms with Gasteiger partial charge < -0.3 is 10.2 Å². The fraction of sp³-hybridized carbons (Fsp3) is 1.00. The minimum Gasteiger partial charge on any atom is -0.323 e. The molecule has 2 nitrogen and oxygen atoms in total. The molecule has 9 heavy (non-hydrogen) atoms. The summed E-state index contributed by atoms with van der Waals surface area (Å²) < 4.78 is 0. The van der Waals surface area contributed by atoms with E-state index in [1.807, 2.05) is 14.1 Å². The lowest BCUT2D eigenvalue weighted by Gasteiger charge is -2.03. The third-order valence-electron chi connectivity index (χ3n) is 0.671. The summed E-state index contributed by atoms with van der Waals surface area (Å²) >= 11 is 0. The molecule has 0 aliphatic carbocycles. The van der Waals surface area contributed by atoms with Crippen LogP contribution in [0, 0.1) is 0 Å². The smallest absolute Gasteiger partial charge is 0.00275 e. The second-order valence-corrected chi connectivity index (χ2v) is 2.30. The highest BCUT2D eigenvalue weighted by Gasteiger charge is 1.79. The van der Waals surface area contributed by atoms with Gasteiger partial charge in [-0.3, -0.25) is 0 Å². The van der Waals surface area contributed by atoms with E-state index in [2.05, 4.69) is 31.2 Å². The lowest BCUT2D eigenvalue weighted by molar-refractivity contribution is 0.408. The number of nitrogens with zero attached hydrogens (tertiary/aromatic N) is 1. The van der Waals surface area contributed by atoms with Gasteiger partial charge in [0.15, 0.2) is 0 Å². The molecule has 2 heteroatoms. The van der Waals surface area contributed by atoms with Crippen LogP contribution >= 0.6 is 0 Å². The van der Waals surface area contributed by atoms with Crippen molar-refractivity contribution in [1.29, 1.82) is 0 Å². The average Bonchev–Trinajstić information content (AvgIpc) is 1.67. The predicted molar refractivity (Wildman–Crippen MR) is 43.8 cm³/mol. The van der Waals surface area contributed by atoms with E-state index < -0.39 is 0 Å². The third kappa shape index (κ3) is 32.6. The molecule has 0 amide bonds. The Kier molecular flexibility index (Phi) is 14.0. The lowest BCUT2D eigenvalue weighted by atomic mass is 10.5. The van der Waals surface area contributed by atoms with Crippen molar-refractivity contribution in [3.63, 3.8) is 0 Å². The van der Waals surface area contributed by atoms with Gasteiger partial charge in [-0.1, -0.05) is 6.92 Å². The molecule has 58 valence electrons. The van der Waals surface area contributed by atoms with Crippen LogP contribution in [0.15, 0.2) is 0 Å². The van der Waals surface area contributed by atoms with Crippen LogP contribution in [0.1, 0.15) is 13.3 Å². The molecule has 0 bridgehead atoms. The largest absolute Gasteiger partial charge is 0.323 e. The van der Waals surface area contributed by atoms with E-state index in [0.717, 1.165) is 0 Å². The van der Waals surface area contributed by atoms with Crippen LogP contribution in [-0.2, 0) is 0 Å². The van der Waals surface area contributed by atoms with E-state index in [-0.39, 0.29) is 0 Å². The van der Waals surface area contributed by atoms with E-state index in [1.165, 1.54) is 13.0 Å². The second-order valence-electron chi connectivity index (χ2n) is 2.30. The van der Waals surface area contributed by atoms with Gasteiger partial charge in [0, 0.05) is 0 Å². The highest BCUT2D eigenvalue weighted by Crippen LogP contribution is 1.76. The van der Waals surface area contributed by atoms with Crippen LogP contribution in [0.25, 0.3) is 0 Å². The highest BCUT2D eigenvalue weighted by molar-refractivity contribution is 4.34. The maximum absolute atomic E-state index is 2.75. The van der Waals surface area contributed by atoms with Crippen molar-refractivity contribution in [2.24, 2.45) is 0 Å². The molecule has 0 saturated heterocycles. The highest BCUT2D eigenvalue weighted by atomic mass is 15.0. The summed E-state index contributed by atoms with van der Waals surface area (Å²) in [7, 11) is 7.92. The van der Waals surface area contributed by atoms with E-state index in [4.69, 9.17) is 0 Å². The van der Waals surface area contributed by atoms with Crippen LogP contribution in [0.4, 0.5) is 0 Å². The molecule has 0 aliphatic rings. The molecule has 0 rings (SSSR count). The normalized spacial score (nSPS) is 8.67. The first-order valence-corrected chi connectivity index (χ1v) is 3.42. The van der Waals surface area contributed by atoms with Gasteiger partial charge in [-0.15, -0.1) is 0 Å². The van der Waals surface area contributed by atoms with Gasteiger partial charge in [0.1, 0.15) is 0 Å². The number of hydrogen-bond acceptors (Lipinski definition) is 2. The second kappa shape index (κ2) is 10.8. The van der Waals surface area contributed by atoms with Gasteiger partial charge in [-0.25, -0.2) is 0 Å². The number of nitrogens with one attached hydrogen (secondary N) is 1. The van der Waals surface area contributed by atoms with Crippen LogP contribution in [0.5, 0.6) is 0 Å². The Labute approximate surface area is 59.2 Å².